The number of carbonyl (C=O) groups is 1. The molecule has 0 fully saturated rings. The fourth-order valence-electron chi connectivity index (χ4n) is 1.73. The molecule has 0 spiro atoms. The highest BCUT2D eigenvalue weighted by Gasteiger charge is 2.14. The van der Waals surface area contributed by atoms with Crippen LogP contribution in [0, 0.1) is 5.82 Å². The van der Waals surface area contributed by atoms with Crippen molar-refractivity contribution in [2.45, 2.75) is 13.3 Å². The van der Waals surface area contributed by atoms with E-state index in [9.17, 15) is 9.18 Å². The number of nitrogens with zero attached hydrogens (tertiary/aromatic N) is 1. The van der Waals surface area contributed by atoms with E-state index < -0.39 is 11.8 Å². The van der Waals surface area contributed by atoms with Crippen molar-refractivity contribution < 1.29 is 14.3 Å². The molecule has 0 saturated carbocycles. The Labute approximate surface area is 91.5 Å². The fraction of sp³-hybridized carbons (Fsp3) is 0.167. The number of halogens is 1. The quantitative estimate of drug-likeness (QED) is 0.844. The first-order valence-electron chi connectivity index (χ1n) is 4.94. The highest BCUT2D eigenvalue weighted by molar-refractivity contribution is 6.03. The van der Waals surface area contributed by atoms with Gasteiger partial charge in [-0.15, -0.1) is 0 Å². The lowest BCUT2D eigenvalue weighted by molar-refractivity contribution is 0.0698. The third kappa shape index (κ3) is 1.62. The normalized spacial score (nSPS) is 10.6. The summed E-state index contributed by atoms with van der Waals surface area (Å²) in [6.07, 6.45) is 2.08. The molecule has 0 radical (unpaired) electrons. The Kier molecular flexibility index (Phi) is 2.56. The van der Waals surface area contributed by atoms with Gasteiger partial charge in [0, 0.05) is 17.6 Å². The molecule has 1 aromatic carbocycles. The largest absolute Gasteiger partial charge is 0.478 e. The molecule has 2 rings (SSSR count). The van der Waals surface area contributed by atoms with Crippen molar-refractivity contribution in [3.63, 3.8) is 0 Å². The van der Waals surface area contributed by atoms with E-state index >= 15 is 0 Å². The summed E-state index contributed by atoms with van der Waals surface area (Å²) in [5.41, 5.74) is 1.24. The molecule has 0 saturated heterocycles. The van der Waals surface area contributed by atoms with E-state index in [1.807, 2.05) is 6.92 Å². The van der Waals surface area contributed by atoms with Gasteiger partial charge >= 0.3 is 5.97 Å². The van der Waals surface area contributed by atoms with Gasteiger partial charge < -0.3 is 5.11 Å². The summed E-state index contributed by atoms with van der Waals surface area (Å²) in [5.74, 6) is -1.42. The van der Waals surface area contributed by atoms with Crippen molar-refractivity contribution in [1.82, 2.24) is 4.98 Å². The number of benzene rings is 1. The van der Waals surface area contributed by atoms with Crippen LogP contribution in [0.1, 0.15) is 22.8 Å². The number of aromatic nitrogens is 1. The zero-order chi connectivity index (χ0) is 11.7. The predicted molar refractivity (Wildman–Crippen MR) is 58.0 cm³/mol. The van der Waals surface area contributed by atoms with E-state index in [-0.39, 0.29) is 5.56 Å². The second-order valence-electron chi connectivity index (χ2n) is 3.48. The number of hydrogen-bond acceptors (Lipinski definition) is 2. The molecule has 4 heteroatoms. The van der Waals surface area contributed by atoms with Crippen LogP contribution in [0.2, 0.25) is 0 Å². The Morgan fingerprint density at radius 3 is 2.88 bits per heavy atom. The van der Waals surface area contributed by atoms with E-state index in [4.69, 9.17) is 5.11 Å². The highest BCUT2D eigenvalue weighted by Crippen LogP contribution is 2.21. The van der Waals surface area contributed by atoms with Crippen molar-refractivity contribution in [3.8, 4) is 0 Å². The molecule has 0 unspecified atom stereocenters. The Morgan fingerprint density at radius 1 is 1.50 bits per heavy atom. The summed E-state index contributed by atoms with van der Waals surface area (Å²) in [6.45, 7) is 1.86. The SMILES string of the molecule is CCc1cnc2cc(F)ccc2c1C(=O)O. The first kappa shape index (κ1) is 10.5. The molecule has 0 aliphatic heterocycles. The van der Waals surface area contributed by atoms with E-state index in [0.29, 0.717) is 22.9 Å². The monoisotopic (exact) mass is 219 g/mol. The number of aryl methyl sites for hydroxylation is 1. The van der Waals surface area contributed by atoms with Gasteiger partial charge in [0.05, 0.1) is 11.1 Å². The average Bonchev–Trinajstić information content (AvgIpc) is 2.26. The third-order valence-corrected chi connectivity index (χ3v) is 2.50. The zero-order valence-corrected chi connectivity index (χ0v) is 8.70. The topological polar surface area (TPSA) is 50.2 Å². The van der Waals surface area contributed by atoms with Gasteiger partial charge in [-0.2, -0.15) is 0 Å². The average molecular weight is 219 g/mol. The predicted octanol–water partition coefficient (Wildman–Crippen LogP) is 2.63. The fourth-order valence-corrected chi connectivity index (χ4v) is 1.73. The molecular weight excluding hydrogens is 209 g/mol. The Balaban J connectivity index is 2.84. The van der Waals surface area contributed by atoms with Gasteiger partial charge in [0.2, 0.25) is 0 Å². The molecule has 1 N–H and O–H groups in total. The maximum atomic E-state index is 13.0. The van der Waals surface area contributed by atoms with Crippen LogP contribution < -0.4 is 0 Å². The summed E-state index contributed by atoms with van der Waals surface area (Å²) < 4.78 is 13.0. The lowest BCUT2D eigenvalue weighted by atomic mass is 10.0. The molecule has 82 valence electrons. The number of carboxylic acids is 1. The van der Waals surface area contributed by atoms with Crippen molar-refractivity contribution in [3.05, 3.63) is 41.3 Å². The Hall–Kier alpha value is -1.97. The molecule has 2 aromatic rings. The smallest absolute Gasteiger partial charge is 0.336 e. The maximum absolute atomic E-state index is 13.0. The molecule has 1 aromatic heterocycles. The standard InChI is InChI=1S/C12H10FNO2/c1-2-7-6-14-10-5-8(13)3-4-9(10)11(7)12(15)16/h3-6H,2H2,1H3,(H,15,16). The minimum absolute atomic E-state index is 0.215. The Morgan fingerprint density at radius 2 is 2.25 bits per heavy atom. The van der Waals surface area contributed by atoms with Gasteiger partial charge in [-0.3, -0.25) is 4.98 Å². The summed E-state index contributed by atoms with van der Waals surface area (Å²) in [7, 11) is 0. The molecule has 0 aliphatic carbocycles. The van der Waals surface area contributed by atoms with Crippen LogP contribution in [0.15, 0.2) is 24.4 Å². The molecule has 3 nitrogen and oxygen atoms in total. The highest BCUT2D eigenvalue weighted by atomic mass is 19.1. The zero-order valence-electron chi connectivity index (χ0n) is 8.70. The van der Waals surface area contributed by atoms with E-state index in [1.54, 1.807) is 0 Å². The number of carboxylic acid groups (broad SMARTS) is 1. The van der Waals surface area contributed by atoms with Crippen LogP contribution >= 0.6 is 0 Å². The van der Waals surface area contributed by atoms with Gasteiger partial charge in [0.1, 0.15) is 5.82 Å². The summed E-state index contributed by atoms with van der Waals surface area (Å²) in [4.78, 5) is 15.2. The number of fused-ring (bicyclic) bond motifs is 1. The number of rotatable bonds is 2. The third-order valence-electron chi connectivity index (χ3n) is 2.50. The van der Waals surface area contributed by atoms with Gasteiger partial charge in [0.25, 0.3) is 0 Å². The Bertz CT molecular complexity index is 566. The first-order valence-corrected chi connectivity index (χ1v) is 4.94. The van der Waals surface area contributed by atoms with Gasteiger partial charge in [-0.25, -0.2) is 9.18 Å². The maximum Gasteiger partial charge on any atom is 0.336 e. The summed E-state index contributed by atoms with van der Waals surface area (Å²) in [6, 6.07) is 3.94. The molecule has 0 atom stereocenters. The van der Waals surface area contributed by atoms with Crippen LogP contribution in [0.25, 0.3) is 10.9 Å². The minimum atomic E-state index is -1.00. The molecular formula is C12H10FNO2. The molecule has 0 amide bonds. The molecule has 0 bridgehead atoms. The van der Waals surface area contributed by atoms with E-state index in [1.165, 1.54) is 24.4 Å². The lowest BCUT2D eigenvalue weighted by Gasteiger charge is -2.07. The first-order chi connectivity index (χ1) is 7.63. The second kappa shape index (κ2) is 3.89. The molecule has 1 heterocycles. The van der Waals surface area contributed by atoms with Crippen molar-refractivity contribution in [2.24, 2.45) is 0 Å². The van der Waals surface area contributed by atoms with Crippen LogP contribution in [0.3, 0.4) is 0 Å². The van der Waals surface area contributed by atoms with Crippen molar-refractivity contribution in [1.29, 1.82) is 0 Å². The van der Waals surface area contributed by atoms with Crippen LogP contribution in [-0.2, 0) is 6.42 Å². The van der Waals surface area contributed by atoms with Crippen molar-refractivity contribution in [2.75, 3.05) is 0 Å². The molecule has 0 aliphatic rings. The van der Waals surface area contributed by atoms with Crippen LogP contribution in [-0.4, -0.2) is 16.1 Å². The second-order valence-corrected chi connectivity index (χ2v) is 3.48. The van der Waals surface area contributed by atoms with E-state index in [0.717, 1.165) is 0 Å². The number of aromatic carboxylic acids is 1. The van der Waals surface area contributed by atoms with Crippen molar-refractivity contribution >= 4 is 16.9 Å². The number of hydrogen-bond donors (Lipinski definition) is 1. The summed E-state index contributed by atoms with van der Waals surface area (Å²) in [5, 5.41) is 9.62. The van der Waals surface area contributed by atoms with E-state index in [2.05, 4.69) is 4.98 Å². The van der Waals surface area contributed by atoms with Crippen LogP contribution in [0.5, 0.6) is 0 Å². The van der Waals surface area contributed by atoms with Gasteiger partial charge in [-0.05, 0) is 24.1 Å². The van der Waals surface area contributed by atoms with Crippen LogP contribution in [0.4, 0.5) is 4.39 Å². The summed E-state index contributed by atoms with van der Waals surface area (Å²) >= 11 is 0. The lowest BCUT2D eigenvalue weighted by Crippen LogP contribution is -2.04. The minimum Gasteiger partial charge on any atom is -0.478 e. The van der Waals surface area contributed by atoms with Gasteiger partial charge in [-0.1, -0.05) is 6.92 Å². The molecule has 16 heavy (non-hydrogen) atoms. The number of pyridine rings is 1. The van der Waals surface area contributed by atoms with Gasteiger partial charge in [0.15, 0.2) is 0 Å².